The van der Waals surface area contributed by atoms with Crippen molar-refractivity contribution in [3.63, 3.8) is 0 Å². The fourth-order valence-corrected chi connectivity index (χ4v) is 3.28. The van der Waals surface area contributed by atoms with Crippen LogP contribution in [0.2, 0.25) is 0 Å². The minimum atomic E-state index is 0.347. The zero-order valence-corrected chi connectivity index (χ0v) is 9.28. The van der Waals surface area contributed by atoms with Gasteiger partial charge in [0.05, 0.1) is 0 Å². The Morgan fingerprint density at radius 2 is 2.00 bits per heavy atom. The molecule has 0 amide bonds. The van der Waals surface area contributed by atoms with Crippen LogP contribution in [0.3, 0.4) is 0 Å². The fourth-order valence-electron chi connectivity index (χ4n) is 3.28. The van der Waals surface area contributed by atoms with Crippen molar-refractivity contribution in [2.75, 3.05) is 0 Å². The molecule has 0 saturated heterocycles. The summed E-state index contributed by atoms with van der Waals surface area (Å²) in [6.45, 7) is 0. The number of aryl methyl sites for hydroxylation is 1. The van der Waals surface area contributed by atoms with Gasteiger partial charge in [0, 0.05) is 12.8 Å². The summed E-state index contributed by atoms with van der Waals surface area (Å²) in [6, 6.07) is 5.63. The molecule has 2 unspecified atom stereocenters. The second kappa shape index (κ2) is 3.62. The molecule has 1 N–H and O–H groups in total. The summed E-state index contributed by atoms with van der Waals surface area (Å²) < 4.78 is 0. The minimum Gasteiger partial charge on any atom is -0.508 e. The van der Waals surface area contributed by atoms with Gasteiger partial charge in [0.25, 0.3) is 0 Å². The third kappa shape index (κ3) is 1.53. The van der Waals surface area contributed by atoms with Gasteiger partial charge in [-0.2, -0.15) is 0 Å². The average molecular weight is 216 g/mol. The van der Waals surface area contributed by atoms with Gasteiger partial charge in [-0.05, 0) is 54.4 Å². The number of phenols is 1. The van der Waals surface area contributed by atoms with Crippen LogP contribution in [-0.2, 0) is 11.2 Å². The summed E-state index contributed by atoms with van der Waals surface area (Å²) >= 11 is 0. The number of Topliss-reactive ketones (excluding diaryl/α,β-unsaturated/α-hetero) is 1. The van der Waals surface area contributed by atoms with Crippen LogP contribution >= 0.6 is 0 Å². The molecule has 1 saturated carbocycles. The van der Waals surface area contributed by atoms with Gasteiger partial charge in [0.2, 0.25) is 0 Å². The number of phenolic OH excluding ortho intramolecular Hbond substituents is 1. The molecule has 2 nitrogen and oxygen atoms in total. The van der Waals surface area contributed by atoms with Gasteiger partial charge in [0.15, 0.2) is 0 Å². The van der Waals surface area contributed by atoms with Crippen LogP contribution in [0.25, 0.3) is 0 Å². The van der Waals surface area contributed by atoms with Gasteiger partial charge in [-0.3, -0.25) is 4.79 Å². The first-order valence-corrected chi connectivity index (χ1v) is 6.07. The van der Waals surface area contributed by atoms with Crippen LogP contribution in [0.15, 0.2) is 18.2 Å². The molecule has 2 aliphatic carbocycles. The standard InChI is InChI=1S/C14H16O2/c15-11-5-6-13-10(7-11)2-1-9-3-4-12(16)8-14(9)13/h5-7,9,14-15H,1-4,8H2. The van der Waals surface area contributed by atoms with E-state index in [2.05, 4.69) is 0 Å². The predicted molar refractivity (Wildman–Crippen MR) is 61.5 cm³/mol. The maximum atomic E-state index is 11.5. The molecule has 0 aliphatic heterocycles. The van der Waals surface area contributed by atoms with E-state index in [1.165, 1.54) is 17.5 Å². The predicted octanol–water partition coefficient (Wildman–Crippen LogP) is 2.79. The lowest BCUT2D eigenvalue weighted by atomic mass is 9.68. The molecular formula is C14H16O2. The smallest absolute Gasteiger partial charge is 0.133 e. The van der Waals surface area contributed by atoms with Crippen molar-refractivity contribution in [2.45, 2.75) is 38.0 Å². The Morgan fingerprint density at radius 3 is 2.88 bits per heavy atom. The first kappa shape index (κ1) is 9.88. The van der Waals surface area contributed by atoms with Gasteiger partial charge in [-0.1, -0.05) is 6.07 Å². The third-order valence-corrected chi connectivity index (χ3v) is 4.12. The lowest BCUT2D eigenvalue weighted by molar-refractivity contribution is -0.121. The van der Waals surface area contributed by atoms with E-state index in [0.29, 0.717) is 29.8 Å². The van der Waals surface area contributed by atoms with E-state index in [1.807, 2.05) is 12.1 Å². The van der Waals surface area contributed by atoms with Crippen molar-refractivity contribution in [1.82, 2.24) is 0 Å². The molecule has 0 spiro atoms. The first-order chi connectivity index (χ1) is 7.74. The summed E-state index contributed by atoms with van der Waals surface area (Å²) in [7, 11) is 0. The summed E-state index contributed by atoms with van der Waals surface area (Å²) in [5.41, 5.74) is 2.55. The van der Waals surface area contributed by atoms with E-state index in [0.717, 1.165) is 19.3 Å². The van der Waals surface area contributed by atoms with Crippen LogP contribution in [0.4, 0.5) is 0 Å². The lowest BCUT2D eigenvalue weighted by Gasteiger charge is -2.36. The monoisotopic (exact) mass is 216 g/mol. The number of aromatic hydroxyl groups is 1. The van der Waals surface area contributed by atoms with Crippen molar-refractivity contribution >= 4 is 5.78 Å². The Balaban J connectivity index is 2.00. The SMILES string of the molecule is O=C1CCC2CCc3cc(O)ccc3C2C1. The second-order valence-electron chi connectivity index (χ2n) is 5.07. The summed E-state index contributed by atoms with van der Waals surface area (Å²) in [6.07, 6.45) is 4.77. The van der Waals surface area contributed by atoms with Crippen LogP contribution in [0.1, 0.15) is 42.7 Å². The fraction of sp³-hybridized carbons (Fsp3) is 0.500. The van der Waals surface area contributed by atoms with E-state index in [-0.39, 0.29) is 0 Å². The van der Waals surface area contributed by atoms with Gasteiger partial charge in [-0.15, -0.1) is 0 Å². The van der Waals surface area contributed by atoms with E-state index in [1.54, 1.807) is 6.07 Å². The van der Waals surface area contributed by atoms with E-state index in [4.69, 9.17) is 0 Å². The quantitative estimate of drug-likeness (QED) is 0.724. The molecule has 0 heterocycles. The van der Waals surface area contributed by atoms with E-state index in [9.17, 15) is 9.90 Å². The van der Waals surface area contributed by atoms with Crippen molar-refractivity contribution in [2.24, 2.45) is 5.92 Å². The van der Waals surface area contributed by atoms with E-state index < -0.39 is 0 Å². The molecule has 1 fully saturated rings. The van der Waals surface area contributed by atoms with Crippen molar-refractivity contribution in [3.8, 4) is 5.75 Å². The zero-order valence-electron chi connectivity index (χ0n) is 9.28. The second-order valence-corrected chi connectivity index (χ2v) is 5.07. The Labute approximate surface area is 95.3 Å². The Bertz CT molecular complexity index is 436. The summed E-state index contributed by atoms with van der Waals surface area (Å²) in [5, 5.41) is 9.47. The zero-order chi connectivity index (χ0) is 11.1. The number of benzene rings is 1. The van der Waals surface area contributed by atoms with Gasteiger partial charge < -0.3 is 5.11 Å². The van der Waals surface area contributed by atoms with Crippen molar-refractivity contribution < 1.29 is 9.90 Å². The summed E-state index contributed by atoms with van der Waals surface area (Å²) in [4.78, 5) is 11.5. The summed E-state index contributed by atoms with van der Waals surface area (Å²) in [5.74, 6) is 1.86. The molecule has 3 rings (SSSR count). The topological polar surface area (TPSA) is 37.3 Å². The Morgan fingerprint density at radius 1 is 1.19 bits per heavy atom. The number of rotatable bonds is 0. The van der Waals surface area contributed by atoms with Crippen LogP contribution in [0.5, 0.6) is 5.75 Å². The molecule has 2 aliphatic rings. The molecule has 0 aromatic heterocycles. The van der Waals surface area contributed by atoms with Crippen LogP contribution in [-0.4, -0.2) is 10.9 Å². The highest BCUT2D eigenvalue weighted by atomic mass is 16.3. The highest BCUT2D eigenvalue weighted by Crippen LogP contribution is 2.44. The number of ketones is 1. The van der Waals surface area contributed by atoms with Crippen molar-refractivity contribution in [1.29, 1.82) is 0 Å². The van der Waals surface area contributed by atoms with Crippen LogP contribution < -0.4 is 0 Å². The maximum Gasteiger partial charge on any atom is 0.133 e. The largest absolute Gasteiger partial charge is 0.508 e. The highest BCUT2D eigenvalue weighted by Gasteiger charge is 2.34. The number of carbonyl (C=O) groups excluding carboxylic acids is 1. The minimum absolute atomic E-state index is 0.347. The first-order valence-electron chi connectivity index (χ1n) is 6.07. The molecule has 1 aromatic carbocycles. The Hall–Kier alpha value is -1.31. The molecule has 2 heteroatoms. The number of hydrogen-bond acceptors (Lipinski definition) is 2. The molecule has 84 valence electrons. The van der Waals surface area contributed by atoms with Gasteiger partial charge in [0.1, 0.15) is 11.5 Å². The molecule has 1 aromatic rings. The van der Waals surface area contributed by atoms with Crippen LogP contribution in [0, 0.1) is 5.92 Å². The van der Waals surface area contributed by atoms with Crippen molar-refractivity contribution in [3.05, 3.63) is 29.3 Å². The number of hydrogen-bond donors (Lipinski definition) is 1. The molecule has 2 atom stereocenters. The highest BCUT2D eigenvalue weighted by molar-refractivity contribution is 5.80. The molecule has 0 bridgehead atoms. The molecular weight excluding hydrogens is 200 g/mol. The molecule has 0 radical (unpaired) electrons. The van der Waals surface area contributed by atoms with Gasteiger partial charge >= 0.3 is 0 Å². The van der Waals surface area contributed by atoms with E-state index >= 15 is 0 Å². The van der Waals surface area contributed by atoms with Gasteiger partial charge in [-0.25, -0.2) is 0 Å². The maximum absolute atomic E-state index is 11.5. The molecule has 16 heavy (non-hydrogen) atoms. The average Bonchev–Trinajstić information content (AvgIpc) is 2.28. The Kier molecular flexibility index (Phi) is 2.23. The normalized spacial score (nSPS) is 28.4. The third-order valence-electron chi connectivity index (χ3n) is 4.12. The number of carbonyl (C=O) groups is 1. The number of fused-ring (bicyclic) bond motifs is 3. The lowest BCUT2D eigenvalue weighted by Crippen LogP contribution is -2.27.